The maximum absolute atomic E-state index is 6.11. The first-order valence-corrected chi connectivity index (χ1v) is 4.30. The van der Waals surface area contributed by atoms with E-state index in [0.29, 0.717) is 10.8 Å². The molecule has 50 valence electrons. The molecule has 3 saturated carbocycles. The lowest BCUT2D eigenvalue weighted by Crippen LogP contribution is -1.88. The van der Waals surface area contributed by atoms with Gasteiger partial charge < -0.3 is 0 Å². The first kappa shape index (κ1) is 5.26. The zero-order valence-corrected chi connectivity index (χ0v) is 6.60. The summed E-state index contributed by atoms with van der Waals surface area (Å²) in [5, 5.41) is 0. The van der Waals surface area contributed by atoms with Gasteiger partial charge in [-0.1, -0.05) is 0 Å². The standard InChI is InChI=1S/C7H8Cl2/c8-7(9)5(1-2-5)6(7)3-4-6/h1-4H2. The molecule has 3 rings (SSSR count). The molecule has 0 atom stereocenters. The van der Waals surface area contributed by atoms with Crippen LogP contribution in [0.5, 0.6) is 0 Å². The van der Waals surface area contributed by atoms with E-state index in [1.54, 1.807) is 0 Å². The zero-order chi connectivity index (χ0) is 6.33. The van der Waals surface area contributed by atoms with Crippen molar-refractivity contribution in [2.75, 3.05) is 0 Å². The van der Waals surface area contributed by atoms with E-state index in [-0.39, 0.29) is 4.33 Å². The molecule has 3 aliphatic carbocycles. The van der Waals surface area contributed by atoms with Gasteiger partial charge in [0.05, 0.1) is 0 Å². The fourth-order valence-corrected chi connectivity index (χ4v) is 3.96. The molecule has 0 nitrogen and oxygen atoms in total. The summed E-state index contributed by atoms with van der Waals surface area (Å²) in [7, 11) is 0. The van der Waals surface area contributed by atoms with Crippen LogP contribution in [0.4, 0.5) is 0 Å². The molecular weight excluding hydrogens is 155 g/mol. The maximum atomic E-state index is 6.11. The Morgan fingerprint density at radius 1 is 0.778 bits per heavy atom. The van der Waals surface area contributed by atoms with Crippen molar-refractivity contribution in [3.05, 3.63) is 0 Å². The van der Waals surface area contributed by atoms with Crippen LogP contribution >= 0.6 is 23.2 Å². The third-order valence-electron chi connectivity index (χ3n) is 3.56. The highest BCUT2D eigenvalue weighted by Crippen LogP contribution is 2.97. The number of hydrogen-bond donors (Lipinski definition) is 0. The normalized spacial score (nSPS) is 43.3. The van der Waals surface area contributed by atoms with Gasteiger partial charge in [-0.3, -0.25) is 0 Å². The van der Waals surface area contributed by atoms with Gasteiger partial charge in [0, 0.05) is 10.8 Å². The number of halogens is 2. The van der Waals surface area contributed by atoms with Crippen LogP contribution in [0.1, 0.15) is 25.7 Å². The first-order chi connectivity index (χ1) is 4.16. The number of hydrogen-bond acceptors (Lipinski definition) is 0. The third-order valence-corrected chi connectivity index (χ3v) is 5.00. The monoisotopic (exact) mass is 162 g/mol. The van der Waals surface area contributed by atoms with Crippen molar-refractivity contribution in [2.45, 2.75) is 30.0 Å². The van der Waals surface area contributed by atoms with Crippen molar-refractivity contribution in [3.8, 4) is 0 Å². The summed E-state index contributed by atoms with van der Waals surface area (Å²) in [6.07, 6.45) is 5.17. The first-order valence-electron chi connectivity index (χ1n) is 3.54. The van der Waals surface area contributed by atoms with Crippen LogP contribution < -0.4 is 0 Å². The van der Waals surface area contributed by atoms with Crippen LogP contribution in [0, 0.1) is 10.8 Å². The summed E-state index contributed by atoms with van der Waals surface area (Å²) >= 11 is 12.2. The third kappa shape index (κ3) is 0.293. The average Bonchev–Trinajstić information content (AvgIpc) is 2.60. The van der Waals surface area contributed by atoms with Crippen molar-refractivity contribution in [3.63, 3.8) is 0 Å². The molecule has 0 aromatic carbocycles. The molecule has 3 fully saturated rings. The molecule has 0 aromatic rings. The SMILES string of the molecule is ClC1(Cl)C2(CC2)C12CC2. The summed E-state index contributed by atoms with van der Waals surface area (Å²) in [6, 6.07) is 0. The van der Waals surface area contributed by atoms with Gasteiger partial charge in [-0.2, -0.15) is 0 Å². The van der Waals surface area contributed by atoms with Crippen LogP contribution in [0.15, 0.2) is 0 Å². The zero-order valence-electron chi connectivity index (χ0n) is 5.08. The molecule has 9 heavy (non-hydrogen) atoms. The van der Waals surface area contributed by atoms with Crippen molar-refractivity contribution >= 4 is 23.2 Å². The minimum Gasteiger partial charge on any atom is -0.100 e. The summed E-state index contributed by atoms with van der Waals surface area (Å²) in [6.45, 7) is 0. The van der Waals surface area contributed by atoms with E-state index >= 15 is 0 Å². The summed E-state index contributed by atoms with van der Waals surface area (Å²) < 4.78 is -0.292. The molecule has 3 aliphatic rings. The van der Waals surface area contributed by atoms with Gasteiger partial charge in [-0.15, -0.1) is 23.2 Å². The topological polar surface area (TPSA) is 0 Å². The predicted molar refractivity (Wildman–Crippen MR) is 37.8 cm³/mol. The van der Waals surface area contributed by atoms with Crippen LogP contribution in [0.2, 0.25) is 0 Å². The Labute approximate surface area is 64.5 Å². The molecule has 0 unspecified atom stereocenters. The Bertz CT molecular complexity index is 156. The van der Waals surface area contributed by atoms with Gasteiger partial charge in [0.2, 0.25) is 0 Å². The van der Waals surface area contributed by atoms with Crippen LogP contribution in [0.3, 0.4) is 0 Å². The highest BCUT2D eigenvalue weighted by molar-refractivity contribution is 6.53. The van der Waals surface area contributed by atoms with Gasteiger partial charge in [0.15, 0.2) is 0 Å². The van der Waals surface area contributed by atoms with Crippen LogP contribution in [0.25, 0.3) is 0 Å². The smallest absolute Gasteiger partial charge is 0.100 e. The van der Waals surface area contributed by atoms with Gasteiger partial charge in [0.1, 0.15) is 4.33 Å². The Morgan fingerprint density at radius 3 is 1.22 bits per heavy atom. The summed E-state index contributed by atoms with van der Waals surface area (Å²) in [5.41, 5.74) is 0.867. The second-order valence-electron chi connectivity index (χ2n) is 3.74. The van der Waals surface area contributed by atoms with Crippen LogP contribution in [-0.2, 0) is 0 Å². The molecule has 0 aromatic heterocycles. The lowest BCUT2D eigenvalue weighted by atomic mass is 10.3. The number of alkyl halides is 2. The lowest BCUT2D eigenvalue weighted by molar-refractivity contribution is 0.716. The van der Waals surface area contributed by atoms with E-state index in [1.165, 1.54) is 25.7 Å². The Hall–Kier alpha value is 0.580. The van der Waals surface area contributed by atoms with E-state index in [0.717, 1.165) is 0 Å². The molecule has 0 aliphatic heterocycles. The lowest BCUT2D eigenvalue weighted by Gasteiger charge is -1.89. The van der Waals surface area contributed by atoms with E-state index in [2.05, 4.69) is 0 Å². The van der Waals surface area contributed by atoms with Crippen molar-refractivity contribution in [1.82, 2.24) is 0 Å². The highest BCUT2D eigenvalue weighted by atomic mass is 35.5. The molecule has 0 N–H and O–H groups in total. The predicted octanol–water partition coefficient (Wildman–Crippen LogP) is 2.73. The fourth-order valence-electron chi connectivity index (χ4n) is 2.58. The quantitative estimate of drug-likeness (QED) is 0.481. The Morgan fingerprint density at radius 2 is 1.11 bits per heavy atom. The molecular formula is C7H8Cl2. The van der Waals surface area contributed by atoms with Gasteiger partial charge in [-0.05, 0) is 25.7 Å². The van der Waals surface area contributed by atoms with Crippen LogP contribution in [-0.4, -0.2) is 4.33 Å². The Balaban J connectivity index is 2.11. The maximum Gasteiger partial charge on any atom is 0.130 e. The second-order valence-corrected chi connectivity index (χ2v) is 5.07. The number of fused-ring (bicyclic) bond motifs is 1. The van der Waals surface area contributed by atoms with Crippen molar-refractivity contribution in [2.24, 2.45) is 10.8 Å². The average molecular weight is 163 g/mol. The number of rotatable bonds is 0. The van der Waals surface area contributed by atoms with E-state index in [9.17, 15) is 0 Å². The minimum absolute atomic E-state index is 0.292. The molecule has 2 spiro atoms. The molecule has 2 heteroatoms. The summed E-state index contributed by atoms with van der Waals surface area (Å²) in [4.78, 5) is 0. The van der Waals surface area contributed by atoms with Crippen molar-refractivity contribution in [1.29, 1.82) is 0 Å². The second kappa shape index (κ2) is 0.967. The van der Waals surface area contributed by atoms with Crippen molar-refractivity contribution < 1.29 is 0 Å². The molecule has 0 bridgehead atoms. The fraction of sp³-hybridized carbons (Fsp3) is 1.00. The van der Waals surface area contributed by atoms with E-state index in [1.807, 2.05) is 0 Å². The van der Waals surface area contributed by atoms with Gasteiger partial charge >= 0.3 is 0 Å². The van der Waals surface area contributed by atoms with Gasteiger partial charge in [0.25, 0.3) is 0 Å². The van der Waals surface area contributed by atoms with Gasteiger partial charge in [-0.25, -0.2) is 0 Å². The van der Waals surface area contributed by atoms with E-state index in [4.69, 9.17) is 23.2 Å². The largest absolute Gasteiger partial charge is 0.130 e. The molecule has 0 amide bonds. The Kier molecular flexibility index (Phi) is 0.565. The van der Waals surface area contributed by atoms with E-state index < -0.39 is 0 Å². The molecule has 0 heterocycles. The molecule has 0 saturated heterocycles. The minimum atomic E-state index is -0.292. The molecule has 0 radical (unpaired) electrons. The summed E-state index contributed by atoms with van der Waals surface area (Å²) in [5.74, 6) is 0. The highest BCUT2D eigenvalue weighted by Gasteiger charge is 2.95.